The number of rotatable bonds is 10. The van der Waals surface area contributed by atoms with E-state index in [1.54, 1.807) is 0 Å². The Labute approximate surface area is 123 Å². The summed E-state index contributed by atoms with van der Waals surface area (Å²) in [6.45, 7) is 10.6. The Morgan fingerprint density at radius 3 is 2.60 bits per heavy atom. The van der Waals surface area contributed by atoms with Gasteiger partial charge in [-0.2, -0.15) is 0 Å². The smallest absolute Gasteiger partial charge is 0.108 e. The van der Waals surface area contributed by atoms with Gasteiger partial charge in [-0.3, -0.25) is 0 Å². The van der Waals surface area contributed by atoms with Crippen LogP contribution < -0.4 is 5.32 Å². The number of ether oxygens (including phenoxy) is 1. The summed E-state index contributed by atoms with van der Waals surface area (Å²) in [7, 11) is 2.05. The molecule has 1 heterocycles. The van der Waals surface area contributed by atoms with Gasteiger partial charge in [0.15, 0.2) is 0 Å². The first-order valence-corrected chi connectivity index (χ1v) is 7.91. The zero-order valence-corrected chi connectivity index (χ0v) is 13.7. The normalized spacial score (nSPS) is 14.7. The van der Waals surface area contributed by atoms with E-state index in [-0.39, 0.29) is 6.10 Å². The summed E-state index contributed by atoms with van der Waals surface area (Å²) in [4.78, 5) is 4.41. The number of nitrogens with zero attached hydrogens (tertiary/aromatic N) is 2. The number of aryl methyl sites for hydroxylation is 2. The second-order valence-electron chi connectivity index (χ2n) is 5.72. The summed E-state index contributed by atoms with van der Waals surface area (Å²) in [6.07, 6.45) is 7.34. The molecule has 2 atom stereocenters. The predicted molar refractivity (Wildman–Crippen MR) is 83.9 cm³/mol. The Hall–Kier alpha value is -0.870. The fourth-order valence-electron chi connectivity index (χ4n) is 2.60. The maximum absolute atomic E-state index is 5.97. The van der Waals surface area contributed by atoms with Gasteiger partial charge in [0.05, 0.1) is 6.10 Å². The standard InChI is InChI=1S/C16H31N3O/c1-6-10-17-14(16(13(3)4)20-7-2)8-9-15-18-11-12-19(15)5/h11-14,16-17H,6-10H2,1-5H3. The lowest BCUT2D eigenvalue weighted by atomic mass is 9.95. The van der Waals surface area contributed by atoms with Crippen LogP contribution in [0.2, 0.25) is 0 Å². The third-order valence-corrected chi connectivity index (χ3v) is 3.67. The van der Waals surface area contributed by atoms with E-state index in [2.05, 4.69) is 49.6 Å². The summed E-state index contributed by atoms with van der Waals surface area (Å²) in [6, 6.07) is 0.395. The van der Waals surface area contributed by atoms with Gasteiger partial charge in [-0.25, -0.2) is 4.98 Å². The molecule has 1 aromatic heterocycles. The van der Waals surface area contributed by atoms with E-state index in [0.29, 0.717) is 12.0 Å². The SMILES string of the molecule is CCCNC(CCc1nccn1C)C(OCC)C(C)C. The third-order valence-electron chi connectivity index (χ3n) is 3.67. The summed E-state index contributed by atoms with van der Waals surface area (Å²) in [5.74, 6) is 1.66. The van der Waals surface area contributed by atoms with Crippen molar-refractivity contribution >= 4 is 0 Å². The van der Waals surface area contributed by atoms with Crippen LogP contribution >= 0.6 is 0 Å². The van der Waals surface area contributed by atoms with Crippen LogP contribution in [0.4, 0.5) is 0 Å². The molecule has 116 valence electrons. The lowest BCUT2D eigenvalue weighted by Crippen LogP contribution is -2.45. The van der Waals surface area contributed by atoms with E-state index < -0.39 is 0 Å². The highest BCUT2D eigenvalue weighted by atomic mass is 16.5. The van der Waals surface area contributed by atoms with Crippen LogP contribution in [0.3, 0.4) is 0 Å². The van der Waals surface area contributed by atoms with Gasteiger partial charge in [-0.1, -0.05) is 20.8 Å². The first-order chi connectivity index (χ1) is 9.60. The molecule has 4 heteroatoms. The van der Waals surface area contributed by atoms with Crippen LogP contribution in [0, 0.1) is 5.92 Å². The summed E-state index contributed by atoms with van der Waals surface area (Å²) in [5.41, 5.74) is 0. The number of imidazole rings is 1. The fourth-order valence-corrected chi connectivity index (χ4v) is 2.60. The average molecular weight is 281 g/mol. The second kappa shape index (κ2) is 9.14. The molecule has 1 rings (SSSR count). The molecular formula is C16H31N3O. The van der Waals surface area contributed by atoms with Gasteiger partial charge in [0.1, 0.15) is 5.82 Å². The Morgan fingerprint density at radius 2 is 2.10 bits per heavy atom. The largest absolute Gasteiger partial charge is 0.377 e. The summed E-state index contributed by atoms with van der Waals surface area (Å²) >= 11 is 0. The molecule has 0 aromatic carbocycles. The molecule has 0 radical (unpaired) electrons. The molecule has 4 nitrogen and oxygen atoms in total. The number of aromatic nitrogens is 2. The van der Waals surface area contributed by atoms with Crippen molar-refractivity contribution in [3.8, 4) is 0 Å². The van der Waals surface area contributed by atoms with Crippen molar-refractivity contribution in [2.24, 2.45) is 13.0 Å². The molecule has 0 amide bonds. The molecule has 0 saturated heterocycles. The summed E-state index contributed by atoms with van der Waals surface area (Å²) < 4.78 is 8.07. The minimum absolute atomic E-state index is 0.270. The molecule has 0 aliphatic carbocycles. The predicted octanol–water partition coefficient (Wildman–Crippen LogP) is 2.78. The molecule has 0 saturated carbocycles. The van der Waals surface area contributed by atoms with Crippen molar-refractivity contribution in [3.05, 3.63) is 18.2 Å². The van der Waals surface area contributed by atoms with Crippen molar-refractivity contribution in [1.82, 2.24) is 14.9 Å². The third kappa shape index (κ3) is 5.25. The van der Waals surface area contributed by atoms with Gasteiger partial charge in [-0.15, -0.1) is 0 Å². The maximum atomic E-state index is 5.97. The van der Waals surface area contributed by atoms with Crippen molar-refractivity contribution < 1.29 is 4.74 Å². The zero-order chi connectivity index (χ0) is 15.0. The molecule has 0 spiro atoms. The van der Waals surface area contributed by atoms with E-state index in [1.165, 1.54) is 0 Å². The van der Waals surface area contributed by atoms with Gasteiger partial charge in [0.25, 0.3) is 0 Å². The number of hydrogen-bond donors (Lipinski definition) is 1. The first kappa shape index (κ1) is 17.2. The molecule has 1 aromatic rings. The molecule has 0 bridgehead atoms. The maximum Gasteiger partial charge on any atom is 0.108 e. The number of hydrogen-bond acceptors (Lipinski definition) is 3. The van der Waals surface area contributed by atoms with Gasteiger partial charge < -0.3 is 14.6 Å². The van der Waals surface area contributed by atoms with Crippen molar-refractivity contribution in [2.45, 2.75) is 59.1 Å². The molecule has 1 N–H and O–H groups in total. The average Bonchev–Trinajstić information content (AvgIpc) is 2.82. The van der Waals surface area contributed by atoms with Gasteiger partial charge in [-0.05, 0) is 32.2 Å². The highest BCUT2D eigenvalue weighted by molar-refractivity contribution is 4.93. The van der Waals surface area contributed by atoms with Crippen molar-refractivity contribution in [1.29, 1.82) is 0 Å². The zero-order valence-electron chi connectivity index (χ0n) is 13.7. The van der Waals surface area contributed by atoms with Gasteiger partial charge >= 0.3 is 0 Å². The van der Waals surface area contributed by atoms with Crippen molar-refractivity contribution in [3.63, 3.8) is 0 Å². The summed E-state index contributed by atoms with van der Waals surface area (Å²) in [5, 5.41) is 3.66. The Kier molecular flexibility index (Phi) is 7.85. The highest BCUT2D eigenvalue weighted by Gasteiger charge is 2.24. The monoisotopic (exact) mass is 281 g/mol. The van der Waals surface area contributed by atoms with Crippen LogP contribution in [-0.2, 0) is 18.2 Å². The van der Waals surface area contributed by atoms with Crippen molar-refractivity contribution in [2.75, 3.05) is 13.2 Å². The van der Waals surface area contributed by atoms with Crippen LogP contribution in [0.15, 0.2) is 12.4 Å². The quantitative estimate of drug-likeness (QED) is 0.717. The number of nitrogens with one attached hydrogen (secondary N) is 1. The topological polar surface area (TPSA) is 39.1 Å². The van der Waals surface area contributed by atoms with Crippen LogP contribution in [0.1, 0.15) is 46.4 Å². The van der Waals surface area contributed by atoms with E-state index in [1.807, 2.05) is 12.4 Å². The molecule has 2 unspecified atom stereocenters. The lowest BCUT2D eigenvalue weighted by Gasteiger charge is -2.31. The molecule has 0 aliphatic heterocycles. The Bertz CT molecular complexity index is 362. The van der Waals surface area contributed by atoms with Crippen LogP contribution in [0.5, 0.6) is 0 Å². The molecule has 0 aliphatic rings. The first-order valence-electron chi connectivity index (χ1n) is 7.91. The second-order valence-corrected chi connectivity index (χ2v) is 5.72. The van der Waals surface area contributed by atoms with Crippen LogP contribution in [-0.4, -0.2) is 34.8 Å². The molecule has 0 fully saturated rings. The Balaban J connectivity index is 2.64. The van der Waals surface area contributed by atoms with E-state index in [0.717, 1.165) is 38.2 Å². The van der Waals surface area contributed by atoms with Crippen LogP contribution in [0.25, 0.3) is 0 Å². The minimum atomic E-state index is 0.270. The molecular weight excluding hydrogens is 250 g/mol. The van der Waals surface area contributed by atoms with E-state index >= 15 is 0 Å². The molecule has 20 heavy (non-hydrogen) atoms. The Morgan fingerprint density at radius 1 is 1.35 bits per heavy atom. The van der Waals surface area contributed by atoms with E-state index in [9.17, 15) is 0 Å². The fraction of sp³-hybridized carbons (Fsp3) is 0.812. The van der Waals surface area contributed by atoms with Gasteiger partial charge in [0.2, 0.25) is 0 Å². The minimum Gasteiger partial charge on any atom is -0.377 e. The highest BCUT2D eigenvalue weighted by Crippen LogP contribution is 2.16. The van der Waals surface area contributed by atoms with Gasteiger partial charge in [0, 0.05) is 38.5 Å². The van der Waals surface area contributed by atoms with E-state index in [4.69, 9.17) is 4.74 Å². The lowest BCUT2D eigenvalue weighted by molar-refractivity contribution is 0.00146.